The maximum atomic E-state index is 8.47. The van der Waals surface area contributed by atoms with Crippen molar-refractivity contribution in [2.75, 3.05) is 39.5 Å². The van der Waals surface area contributed by atoms with Crippen LogP contribution in [-0.2, 0) is 4.74 Å². The summed E-state index contributed by atoms with van der Waals surface area (Å²) >= 11 is 0. The molecule has 98 valence electrons. The van der Waals surface area contributed by atoms with Crippen molar-refractivity contribution in [3.05, 3.63) is 29.8 Å². The number of hydrogen-bond donors (Lipinski definition) is 1. The van der Waals surface area contributed by atoms with Gasteiger partial charge in [-0.05, 0) is 17.7 Å². The van der Waals surface area contributed by atoms with Crippen molar-refractivity contribution in [1.82, 2.24) is 4.90 Å². The van der Waals surface area contributed by atoms with Gasteiger partial charge in [-0.1, -0.05) is 17.3 Å². The lowest BCUT2D eigenvalue weighted by atomic mass is 10.2. The Morgan fingerprint density at radius 3 is 3.00 bits per heavy atom. The number of hydrogen-bond acceptors (Lipinski definition) is 5. The van der Waals surface area contributed by atoms with Gasteiger partial charge in [-0.25, -0.2) is 0 Å². The number of ether oxygens (including phenoxy) is 2. The van der Waals surface area contributed by atoms with Crippen molar-refractivity contribution >= 4 is 6.21 Å². The van der Waals surface area contributed by atoms with Crippen molar-refractivity contribution in [3.63, 3.8) is 0 Å². The van der Waals surface area contributed by atoms with Gasteiger partial charge in [-0.3, -0.25) is 4.90 Å². The molecule has 0 aromatic heterocycles. The van der Waals surface area contributed by atoms with E-state index in [0.717, 1.165) is 44.2 Å². The largest absolute Gasteiger partial charge is 0.492 e. The van der Waals surface area contributed by atoms with E-state index in [4.69, 9.17) is 14.7 Å². The lowest BCUT2D eigenvalue weighted by Crippen LogP contribution is -2.38. The Labute approximate surface area is 107 Å². The average Bonchev–Trinajstić information content (AvgIpc) is 2.41. The second-order valence-electron chi connectivity index (χ2n) is 4.12. The molecule has 5 heteroatoms. The molecule has 0 bridgehead atoms. The molecule has 1 aromatic rings. The summed E-state index contributed by atoms with van der Waals surface area (Å²) in [5.41, 5.74) is 0.821. The molecule has 0 radical (unpaired) electrons. The minimum atomic E-state index is 0.653. The second kappa shape index (κ2) is 6.98. The van der Waals surface area contributed by atoms with E-state index in [2.05, 4.69) is 10.1 Å². The first-order chi connectivity index (χ1) is 8.88. The molecule has 0 saturated carbocycles. The van der Waals surface area contributed by atoms with Crippen LogP contribution in [-0.4, -0.2) is 55.8 Å². The van der Waals surface area contributed by atoms with Crippen LogP contribution in [0.4, 0.5) is 0 Å². The molecular formula is C13H18N2O3. The normalized spacial score (nSPS) is 17.1. The molecule has 1 aliphatic heterocycles. The van der Waals surface area contributed by atoms with Crippen LogP contribution < -0.4 is 4.74 Å². The van der Waals surface area contributed by atoms with Gasteiger partial charge in [0.15, 0.2) is 0 Å². The van der Waals surface area contributed by atoms with Crippen LogP contribution in [0.25, 0.3) is 0 Å². The first kappa shape index (κ1) is 12.9. The van der Waals surface area contributed by atoms with Gasteiger partial charge in [0, 0.05) is 19.6 Å². The lowest BCUT2D eigenvalue weighted by Gasteiger charge is -2.26. The van der Waals surface area contributed by atoms with Gasteiger partial charge in [-0.2, -0.15) is 0 Å². The molecule has 0 amide bonds. The summed E-state index contributed by atoms with van der Waals surface area (Å²) in [6.07, 6.45) is 1.38. The number of nitrogens with zero attached hydrogens (tertiary/aromatic N) is 2. The summed E-state index contributed by atoms with van der Waals surface area (Å²) in [4.78, 5) is 2.32. The summed E-state index contributed by atoms with van der Waals surface area (Å²) in [6, 6.07) is 7.47. The molecule has 1 N–H and O–H groups in total. The van der Waals surface area contributed by atoms with E-state index in [0.29, 0.717) is 6.61 Å². The SMILES string of the molecule is O/N=C/c1cccc(OCCN2CCOCC2)c1. The Morgan fingerprint density at radius 2 is 2.22 bits per heavy atom. The number of benzene rings is 1. The first-order valence-electron chi connectivity index (χ1n) is 6.09. The van der Waals surface area contributed by atoms with E-state index in [-0.39, 0.29) is 0 Å². The highest BCUT2D eigenvalue weighted by atomic mass is 16.5. The maximum absolute atomic E-state index is 8.47. The molecule has 0 spiro atoms. The minimum Gasteiger partial charge on any atom is -0.492 e. The zero-order valence-corrected chi connectivity index (χ0v) is 10.3. The molecular weight excluding hydrogens is 232 g/mol. The summed E-state index contributed by atoms with van der Waals surface area (Å²) in [6.45, 7) is 5.12. The van der Waals surface area contributed by atoms with Crippen molar-refractivity contribution in [2.24, 2.45) is 5.16 Å². The van der Waals surface area contributed by atoms with Gasteiger partial charge >= 0.3 is 0 Å². The molecule has 1 fully saturated rings. The fourth-order valence-corrected chi connectivity index (χ4v) is 1.87. The smallest absolute Gasteiger partial charge is 0.120 e. The standard InChI is InChI=1S/C13H18N2O3/c16-14-11-12-2-1-3-13(10-12)18-9-6-15-4-7-17-8-5-15/h1-3,10-11,16H,4-9H2/b14-11+. The molecule has 18 heavy (non-hydrogen) atoms. The third-order valence-electron chi connectivity index (χ3n) is 2.84. The topological polar surface area (TPSA) is 54.3 Å². The zero-order chi connectivity index (χ0) is 12.6. The highest BCUT2D eigenvalue weighted by molar-refractivity contribution is 5.79. The fourth-order valence-electron chi connectivity index (χ4n) is 1.87. The van der Waals surface area contributed by atoms with Crippen LogP contribution >= 0.6 is 0 Å². The Hall–Kier alpha value is -1.59. The van der Waals surface area contributed by atoms with Crippen LogP contribution in [0.3, 0.4) is 0 Å². The maximum Gasteiger partial charge on any atom is 0.120 e. The molecule has 0 atom stereocenters. The summed E-state index contributed by atoms with van der Waals surface area (Å²) < 4.78 is 11.0. The van der Waals surface area contributed by atoms with E-state index >= 15 is 0 Å². The van der Waals surface area contributed by atoms with Crippen molar-refractivity contribution in [2.45, 2.75) is 0 Å². The van der Waals surface area contributed by atoms with E-state index < -0.39 is 0 Å². The van der Waals surface area contributed by atoms with Gasteiger partial charge < -0.3 is 14.7 Å². The van der Waals surface area contributed by atoms with Crippen molar-refractivity contribution in [1.29, 1.82) is 0 Å². The lowest BCUT2D eigenvalue weighted by molar-refractivity contribution is 0.0322. The van der Waals surface area contributed by atoms with Gasteiger partial charge in [0.2, 0.25) is 0 Å². The van der Waals surface area contributed by atoms with Gasteiger partial charge in [0.1, 0.15) is 12.4 Å². The van der Waals surface area contributed by atoms with E-state index in [1.54, 1.807) is 0 Å². The highest BCUT2D eigenvalue weighted by Crippen LogP contribution is 2.12. The Bertz CT molecular complexity index is 390. The van der Waals surface area contributed by atoms with E-state index in [9.17, 15) is 0 Å². The number of rotatable bonds is 5. The Kier molecular flexibility index (Phi) is 4.99. The second-order valence-corrected chi connectivity index (χ2v) is 4.12. The summed E-state index contributed by atoms with van der Waals surface area (Å²) in [5, 5.41) is 11.5. The molecule has 1 saturated heterocycles. The van der Waals surface area contributed by atoms with Crippen LogP contribution in [0, 0.1) is 0 Å². The Balaban J connectivity index is 1.77. The summed E-state index contributed by atoms with van der Waals surface area (Å²) in [5.74, 6) is 0.792. The molecule has 0 aliphatic carbocycles. The zero-order valence-electron chi connectivity index (χ0n) is 10.3. The molecule has 1 aromatic carbocycles. The number of morpholine rings is 1. The van der Waals surface area contributed by atoms with Gasteiger partial charge in [0.05, 0.1) is 19.4 Å². The quantitative estimate of drug-likeness (QED) is 0.485. The first-order valence-corrected chi connectivity index (χ1v) is 6.09. The van der Waals surface area contributed by atoms with E-state index in [1.807, 2.05) is 24.3 Å². The fraction of sp³-hybridized carbons (Fsp3) is 0.462. The third kappa shape index (κ3) is 4.01. The molecule has 5 nitrogen and oxygen atoms in total. The predicted molar refractivity (Wildman–Crippen MR) is 68.6 cm³/mol. The monoisotopic (exact) mass is 250 g/mol. The van der Waals surface area contributed by atoms with Crippen molar-refractivity contribution < 1.29 is 14.7 Å². The molecule has 0 unspecified atom stereocenters. The third-order valence-corrected chi connectivity index (χ3v) is 2.84. The highest BCUT2D eigenvalue weighted by Gasteiger charge is 2.09. The average molecular weight is 250 g/mol. The predicted octanol–water partition coefficient (Wildman–Crippen LogP) is 1.21. The van der Waals surface area contributed by atoms with E-state index in [1.165, 1.54) is 6.21 Å². The summed E-state index contributed by atoms with van der Waals surface area (Å²) in [7, 11) is 0. The Morgan fingerprint density at radius 1 is 1.39 bits per heavy atom. The van der Waals surface area contributed by atoms with Crippen LogP contribution in [0.5, 0.6) is 5.75 Å². The molecule has 2 rings (SSSR count). The van der Waals surface area contributed by atoms with Gasteiger partial charge in [-0.15, -0.1) is 0 Å². The van der Waals surface area contributed by atoms with Gasteiger partial charge in [0.25, 0.3) is 0 Å². The number of oxime groups is 1. The van der Waals surface area contributed by atoms with Crippen molar-refractivity contribution in [3.8, 4) is 5.75 Å². The van der Waals surface area contributed by atoms with Crippen LogP contribution in [0.2, 0.25) is 0 Å². The van der Waals surface area contributed by atoms with Crippen LogP contribution in [0.1, 0.15) is 5.56 Å². The minimum absolute atomic E-state index is 0.653. The van der Waals surface area contributed by atoms with Crippen LogP contribution in [0.15, 0.2) is 29.4 Å². The molecule has 1 aliphatic rings. The molecule has 1 heterocycles.